The molecule has 404 valence electrons. The van der Waals surface area contributed by atoms with Gasteiger partial charge < -0.3 is 50.4 Å². The van der Waals surface area contributed by atoms with E-state index in [1.807, 2.05) is 30.3 Å². The van der Waals surface area contributed by atoms with Crippen molar-refractivity contribution in [3.63, 3.8) is 0 Å². The molecule has 10 nitrogen and oxygen atoms in total. The molecule has 0 radical (unpaired) electrons. The van der Waals surface area contributed by atoms with Gasteiger partial charge in [0, 0.05) is 6.54 Å². The van der Waals surface area contributed by atoms with Crippen LogP contribution in [0.5, 0.6) is 0 Å². The van der Waals surface area contributed by atoms with Gasteiger partial charge in [-0.25, -0.2) is 0 Å². The maximum atomic E-state index is 11.4. The number of unbranched alkanes of at least 4 members (excludes halogenated alkanes) is 34. The summed E-state index contributed by atoms with van der Waals surface area (Å²) in [5.41, 5.74) is 1.02. The largest absolute Gasteiger partial charge is 0.468 e. The summed E-state index contributed by atoms with van der Waals surface area (Å²) in [5, 5.41) is 61.5. The Hall–Kier alpha value is -1.41. The minimum Gasteiger partial charge on any atom is -0.468 e. The average Bonchev–Trinajstić information content (AvgIpc) is 3.36. The summed E-state index contributed by atoms with van der Waals surface area (Å²) in [7, 11) is 0. The van der Waals surface area contributed by atoms with E-state index in [1.54, 1.807) is 0 Å². The molecule has 1 aromatic carbocycles. The molecular weight excluding hydrogens is 885 g/mol. The number of benzene rings is 1. The summed E-state index contributed by atoms with van der Waals surface area (Å²) in [6.07, 6.45) is 38.7. The van der Waals surface area contributed by atoms with Crippen LogP contribution in [0.1, 0.15) is 257 Å². The highest BCUT2D eigenvalue weighted by Gasteiger charge is 2.45. The van der Waals surface area contributed by atoms with Gasteiger partial charge in [-0.2, -0.15) is 0 Å². The smallest absolute Gasteiger partial charge is 0.256 e. The molecule has 7 N–H and O–H groups in total. The van der Waals surface area contributed by atoms with Gasteiger partial charge in [-0.1, -0.05) is 269 Å². The highest BCUT2D eigenvalue weighted by atomic mass is 32.1. The third kappa shape index (κ3) is 33.9. The average molecular weight is 994 g/mol. The molecule has 0 bridgehead atoms. The fourth-order valence-electron chi connectivity index (χ4n) is 9.66. The van der Waals surface area contributed by atoms with E-state index in [1.165, 1.54) is 199 Å². The molecule has 8 atom stereocenters. The third-order valence-electron chi connectivity index (χ3n) is 14.4. The van der Waals surface area contributed by atoms with Crippen LogP contribution < -0.4 is 10.6 Å². The van der Waals surface area contributed by atoms with Gasteiger partial charge in [-0.05, 0) is 37.2 Å². The lowest BCUT2D eigenvalue weighted by Gasteiger charge is -2.40. The molecule has 1 aromatic rings. The maximum absolute atomic E-state index is 11.4. The first-order chi connectivity index (χ1) is 33.8. The van der Waals surface area contributed by atoms with Crippen LogP contribution in [0.15, 0.2) is 30.3 Å². The molecule has 1 saturated heterocycles. The summed E-state index contributed by atoms with van der Waals surface area (Å²) < 4.78 is 17.6. The number of thiocarbonyl (C=S) groups is 1. The van der Waals surface area contributed by atoms with Crippen molar-refractivity contribution in [2.45, 2.75) is 307 Å². The quantitative estimate of drug-likeness (QED) is 0.0247. The van der Waals surface area contributed by atoms with Crippen molar-refractivity contribution in [2.24, 2.45) is 0 Å². The van der Waals surface area contributed by atoms with E-state index in [-0.39, 0.29) is 18.4 Å². The van der Waals surface area contributed by atoms with Crippen molar-refractivity contribution < 1.29 is 39.7 Å². The number of ether oxygens (including phenoxy) is 3. The van der Waals surface area contributed by atoms with Crippen LogP contribution in [0.4, 0.5) is 0 Å². The van der Waals surface area contributed by atoms with E-state index in [2.05, 4.69) is 24.5 Å². The van der Waals surface area contributed by atoms with Crippen molar-refractivity contribution in [3.8, 4) is 0 Å². The number of hydrogen-bond acceptors (Lipinski definition) is 10. The van der Waals surface area contributed by atoms with Gasteiger partial charge >= 0.3 is 0 Å². The van der Waals surface area contributed by atoms with Crippen LogP contribution in [-0.4, -0.2) is 99.4 Å². The summed E-state index contributed by atoms with van der Waals surface area (Å²) in [6.45, 7) is 5.40. The first-order valence-electron chi connectivity index (χ1n) is 29.1. The maximum Gasteiger partial charge on any atom is 0.256 e. The minimum atomic E-state index is -1.55. The fraction of sp³-hybridized carbons (Fsp3) is 0.879. The molecule has 2 rings (SSSR count). The van der Waals surface area contributed by atoms with Crippen LogP contribution in [0.3, 0.4) is 0 Å². The molecule has 1 aliphatic heterocycles. The molecule has 0 unspecified atom stereocenters. The molecule has 0 spiro atoms. The second-order valence-electron chi connectivity index (χ2n) is 20.7. The van der Waals surface area contributed by atoms with Crippen LogP contribution in [-0.2, 0) is 20.8 Å². The molecule has 11 heteroatoms. The van der Waals surface area contributed by atoms with Crippen LogP contribution in [0.25, 0.3) is 0 Å². The molecule has 1 fully saturated rings. The van der Waals surface area contributed by atoms with Crippen molar-refractivity contribution in [1.29, 1.82) is 0 Å². The van der Waals surface area contributed by atoms with E-state index in [0.717, 1.165) is 37.7 Å². The Kier molecular flexibility index (Phi) is 41.8. The molecule has 0 saturated carbocycles. The van der Waals surface area contributed by atoms with Crippen molar-refractivity contribution in [2.75, 3.05) is 19.8 Å². The zero-order chi connectivity index (χ0) is 49.8. The number of aliphatic hydroxyl groups is 5. The van der Waals surface area contributed by atoms with Crippen molar-refractivity contribution >= 4 is 17.4 Å². The minimum absolute atomic E-state index is 0.0781. The Labute approximate surface area is 428 Å². The Morgan fingerprint density at radius 3 is 1.39 bits per heavy atom. The van der Waals surface area contributed by atoms with Crippen LogP contribution >= 0.6 is 12.2 Å². The fourth-order valence-corrected chi connectivity index (χ4v) is 9.80. The van der Waals surface area contributed by atoms with Crippen molar-refractivity contribution in [1.82, 2.24) is 10.6 Å². The number of rotatable bonds is 48. The van der Waals surface area contributed by atoms with E-state index >= 15 is 0 Å². The van der Waals surface area contributed by atoms with Gasteiger partial charge in [-0.3, -0.25) is 0 Å². The summed E-state index contributed by atoms with van der Waals surface area (Å²) in [5.74, 6) is 0. The third-order valence-corrected chi connectivity index (χ3v) is 14.6. The van der Waals surface area contributed by atoms with Crippen LogP contribution in [0.2, 0.25) is 0 Å². The predicted octanol–water partition coefficient (Wildman–Crippen LogP) is 13.1. The molecule has 0 aliphatic carbocycles. The standard InChI is InChI=1S/C58H108N2O8S/c1-3-5-7-9-11-13-15-17-18-19-20-21-22-23-24-25-26-27-28-30-32-34-36-41-45-59-50(53(62)51(61)44-40-35-33-31-29-16-14-12-10-8-6-4-2)47-66-57-56(65)55(64)54(63)52(68-57)48-67-58(69)60-46-49-42-38-37-39-43-49/h37-39,42-43,50-57,59,61-65H,3-36,40-41,44-48H2,1-2H3,(H,60,69)/t50-,51+,52+,53-,54-,55-,56+,57-/m0/s1. The van der Waals surface area contributed by atoms with E-state index < -0.39 is 49.0 Å². The highest BCUT2D eigenvalue weighted by Crippen LogP contribution is 2.24. The van der Waals surface area contributed by atoms with Gasteiger partial charge in [0.05, 0.1) is 24.9 Å². The van der Waals surface area contributed by atoms with Gasteiger partial charge in [0.2, 0.25) is 0 Å². The first-order valence-corrected chi connectivity index (χ1v) is 29.5. The monoisotopic (exact) mass is 993 g/mol. The lowest BCUT2D eigenvalue weighted by atomic mass is 9.98. The lowest BCUT2D eigenvalue weighted by molar-refractivity contribution is -0.302. The first kappa shape index (κ1) is 63.7. The van der Waals surface area contributed by atoms with E-state index in [9.17, 15) is 25.5 Å². The molecule has 1 aliphatic rings. The Morgan fingerprint density at radius 1 is 0.551 bits per heavy atom. The lowest BCUT2D eigenvalue weighted by Crippen LogP contribution is -2.60. The Bertz CT molecular complexity index is 1270. The molecule has 69 heavy (non-hydrogen) atoms. The van der Waals surface area contributed by atoms with Gasteiger partial charge in [0.25, 0.3) is 5.17 Å². The summed E-state index contributed by atoms with van der Waals surface area (Å²) in [4.78, 5) is 0. The van der Waals surface area contributed by atoms with E-state index in [4.69, 9.17) is 26.4 Å². The number of nitrogens with one attached hydrogen (secondary N) is 2. The van der Waals surface area contributed by atoms with Gasteiger partial charge in [0.15, 0.2) is 6.29 Å². The highest BCUT2D eigenvalue weighted by molar-refractivity contribution is 7.80. The SMILES string of the molecule is CCCCCCCCCCCCCCCCCCCCCCCCCCN[C@@H](CO[C@H]1O[C@H](COC(=S)NCc2ccccc2)[C@H](O)[C@H](O)[C@H]1O)[C@H](O)[C@H](O)CCCCCCCCCCCCCC. The summed E-state index contributed by atoms with van der Waals surface area (Å²) in [6, 6.07) is 9.10. The topological polar surface area (TPSA) is 153 Å². The van der Waals surface area contributed by atoms with Crippen LogP contribution in [0, 0.1) is 0 Å². The van der Waals surface area contributed by atoms with Crippen molar-refractivity contribution in [3.05, 3.63) is 35.9 Å². The normalized spacial score (nSPS) is 19.7. The predicted molar refractivity (Wildman–Crippen MR) is 290 cm³/mol. The second-order valence-corrected chi connectivity index (χ2v) is 21.1. The Morgan fingerprint density at radius 2 is 0.957 bits per heavy atom. The molecule has 0 aromatic heterocycles. The van der Waals surface area contributed by atoms with E-state index in [0.29, 0.717) is 19.5 Å². The zero-order valence-corrected chi connectivity index (χ0v) is 45.2. The Balaban J connectivity index is 1.67. The van der Waals surface area contributed by atoms with Gasteiger partial charge in [0.1, 0.15) is 31.0 Å². The zero-order valence-electron chi connectivity index (χ0n) is 44.4. The number of hydrogen-bond donors (Lipinski definition) is 7. The van der Waals surface area contributed by atoms with Gasteiger partial charge in [-0.15, -0.1) is 0 Å². The molecule has 0 amide bonds. The number of aliphatic hydroxyl groups excluding tert-OH is 5. The second kappa shape index (κ2) is 45.2. The molecule has 1 heterocycles. The molecular formula is C58H108N2O8S. The summed E-state index contributed by atoms with van der Waals surface area (Å²) >= 11 is 5.32.